The zero-order valence-corrected chi connectivity index (χ0v) is 13.4. The first-order valence-electron chi connectivity index (χ1n) is 6.45. The van der Waals surface area contributed by atoms with Gasteiger partial charge in [-0.25, -0.2) is 9.97 Å². The molecule has 0 saturated heterocycles. The number of rotatable bonds is 5. The second-order valence-electron chi connectivity index (χ2n) is 4.43. The van der Waals surface area contributed by atoms with Gasteiger partial charge in [0, 0.05) is 17.6 Å². The molecule has 0 aliphatic heterocycles. The summed E-state index contributed by atoms with van der Waals surface area (Å²) in [6.07, 6.45) is 0. The molecule has 0 N–H and O–H groups in total. The Balaban J connectivity index is 2.19. The quantitative estimate of drug-likeness (QED) is 0.765. The first-order chi connectivity index (χ1) is 9.58. The van der Waals surface area contributed by atoms with E-state index in [-0.39, 0.29) is 0 Å². The normalized spacial score (nSPS) is 10.8. The Morgan fingerprint density at radius 1 is 1.15 bits per heavy atom. The average Bonchev–Trinajstić information content (AvgIpc) is 2.40. The van der Waals surface area contributed by atoms with Crippen molar-refractivity contribution in [3.8, 4) is 0 Å². The van der Waals surface area contributed by atoms with Crippen LogP contribution in [0, 0.1) is 13.8 Å². The Morgan fingerprint density at radius 3 is 2.65 bits per heavy atom. The van der Waals surface area contributed by atoms with Gasteiger partial charge in [0.25, 0.3) is 0 Å². The molecule has 0 unspecified atom stereocenters. The van der Waals surface area contributed by atoms with Crippen molar-refractivity contribution in [2.24, 2.45) is 0 Å². The van der Waals surface area contributed by atoms with Gasteiger partial charge in [0.1, 0.15) is 16.8 Å². The molecule has 2 aromatic rings. The zero-order valence-electron chi connectivity index (χ0n) is 11.8. The summed E-state index contributed by atoms with van der Waals surface area (Å²) in [5.41, 5.74) is 2.55. The van der Waals surface area contributed by atoms with Crippen LogP contribution in [0.4, 0.5) is 0 Å². The molecular weight excluding hydrogens is 292 g/mol. The van der Waals surface area contributed by atoms with Crippen molar-refractivity contribution in [3.05, 3.63) is 46.4 Å². The zero-order chi connectivity index (χ0) is 14.5. The van der Waals surface area contributed by atoms with Crippen LogP contribution in [0.25, 0.3) is 0 Å². The van der Waals surface area contributed by atoms with Gasteiger partial charge >= 0.3 is 0 Å². The molecule has 1 aromatic carbocycles. The largest absolute Gasteiger partial charge is 0.374 e. The highest BCUT2D eigenvalue weighted by Gasteiger charge is 2.06. The van der Waals surface area contributed by atoms with E-state index in [0.29, 0.717) is 24.2 Å². The fourth-order valence-electron chi connectivity index (χ4n) is 1.65. The molecule has 0 saturated carbocycles. The van der Waals surface area contributed by atoms with Crippen LogP contribution in [0.1, 0.15) is 23.9 Å². The minimum absolute atomic E-state index is 0.386. The van der Waals surface area contributed by atoms with E-state index in [1.54, 1.807) is 17.8 Å². The molecule has 0 fully saturated rings. The lowest BCUT2D eigenvalue weighted by molar-refractivity contribution is 0.128. The lowest BCUT2D eigenvalue weighted by Gasteiger charge is -2.07. The SMILES string of the molecule is CCOCc1nc(Cl)cc(Sc2ccc(C)c(C)c2)n1. The lowest BCUT2D eigenvalue weighted by Crippen LogP contribution is -2.00. The number of ether oxygens (including phenoxy) is 1. The van der Waals surface area contributed by atoms with E-state index in [2.05, 4.69) is 42.0 Å². The van der Waals surface area contributed by atoms with Crippen molar-refractivity contribution in [1.29, 1.82) is 0 Å². The minimum Gasteiger partial charge on any atom is -0.374 e. The second-order valence-corrected chi connectivity index (χ2v) is 5.91. The molecule has 2 rings (SSSR count). The smallest absolute Gasteiger partial charge is 0.157 e. The maximum absolute atomic E-state index is 6.03. The summed E-state index contributed by atoms with van der Waals surface area (Å²) >= 11 is 7.61. The Bertz CT molecular complexity index is 604. The number of aryl methyl sites for hydroxylation is 2. The summed E-state index contributed by atoms with van der Waals surface area (Å²) in [7, 11) is 0. The highest BCUT2D eigenvalue weighted by molar-refractivity contribution is 7.99. The van der Waals surface area contributed by atoms with Crippen LogP contribution in [-0.2, 0) is 11.3 Å². The number of halogens is 1. The summed E-state index contributed by atoms with van der Waals surface area (Å²) in [5, 5.41) is 1.28. The highest BCUT2D eigenvalue weighted by Crippen LogP contribution is 2.28. The van der Waals surface area contributed by atoms with Gasteiger partial charge in [-0.2, -0.15) is 0 Å². The summed E-state index contributed by atoms with van der Waals surface area (Å²) in [5.74, 6) is 0.616. The van der Waals surface area contributed by atoms with E-state index in [1.165, 1.54) is 11.1 Å². The molecule has 20 heavy (non-hydrogen) atoms. The minimum atomic E-state index is 0.386. The van der Waals surface area contributed by atoms with Gasteiger partial charge in [-0.05, 0) is 44.0 Å². The van der Waals surface area contributed by atoms with E-state index in [1.807, 2.05) is 6.92 Å². The molecule has 0 atom stereocenters. The summed E-state index contributed by atoms with van der Waals surface area (Å²) in [6.45, 7) is 7.17. The van der Waals surface area contributed by atoms with Crippen molar-refractivity contribution in [3.63, 3.8) is 0 Å². The summed E-state index contributed by atoms with van der Waals surface area (Å²) in [4.78, 5) is 9.77. The van der Waals surface area contributed by atoms with Gasteiger partial charge in [0.05, 0.1) is 0 Å². The van der Waals surface area contributed by atoms with Crippen LogP contribution in [-0.4, -0.2) is 16.6 Å². The Hall–Kier alpha value is -1.10. The molecule has 1 aromatic heterocycles. The Kier molecular flexibility index (Phi) is 5.40. The number of hydrogen-bond acceptors (Lipinski definition) is 4. The average molecular weight is 309 g/mol. The first kappa shape index (κ1) is 15.3. The third-order valence-corrected chi connectivity index (χ3v) is 3.96. The van der Waals surface area contributed by atoms with Crippen LogP contribution in [0.3, 0.4) is 0 Å². The summed E-state index contributed by atoms with van der Waals surface area (Å²) < 4.78 is 5.32. The van der Waals surface area contributed by atoms with E-state index in [9.17, 15) is 0 Å². The molecule has 0 radical (unpaired) electrons. The maximum Gasteiger partial charge on any atom is 0.157 e. The number of benzene rings is 1. The molecule has 0 amide bonds. The molecule has 5 heteroatoms. The maximum atomic E-state index is 6.03. The van der Waals surface area contributed by atoms with Gasteiger partial charge in [0.2, 0.25) is 0 Å². The monoisotopic (exact) mass is 308 g/mol. The van der Waals surface area contributed by atoms with E-state index in [4.69, 9.17) is 16.3 Å². The van der Waals surface area contributed by atoms with E-state index in [0.717, 1.165) is 9.92 Å². The third-order valence-electron chi connectivity index (χ3n) is 2.85. The van der Waals surface area contributed by atoms with E-state index >= 15 is 0 Å². The first-order valence-corrected chi connectivity index (χ1v) is 7.64. The topological polar surface area (TPSA) is 35.0 Å². The Labute approximate surface area is 128 Å². The van der Waals surface area contributed by atoms with Crippen molar-refractivity contribution >= 4 is 23.4 Å². The predicted octanol–water partition coefficient (Wildman–Crippen LogP) is 4.43. The number of aromatic nitrogens is 2. The van der Waals surface area contributed by atoms with Gasteiger partial charge in [-0.1, -0.05) is 29.4 Å². The molecule has 0 bridgehead atoms. The third kappa shape index (κ3) is 4.20. The fourth-order valence-corrected chi connectivity index (χ4v) is 2.85. The van der Waals surface area contributed by atoms with Crippen LogP contribution >= 0.6 is 23.4 Å². The highest BCUT2D eigenvalue weighted by atomic mass is 35.5. The molecule has 0 aliphatic rings. The predicted molar refractivity (Wildman–Crippen MR) is 82.4 cm³/mol. The van der Waals surface area contributed by atoms with Crippen molar-refractivity contribution in [1.82, 2.24) is 9.97 Å². The van der Waals surface area contributed by atoms with Crippen LogP contribution in [0.2, 0.25) is 5.15 Å². The number of nitrogens with zero attached hydrogens (tertiary/aromatic N) is 2. The Morgan fingerprint density at radius 2 is 1.95 bits per heavy atom. The lowest BCUT2D eigenvalue weighted by atomic mass is 10.1. The fraction of sp³-hybridized carbons (Fsp3) is 0.333. The molecule has 3 nitrogen and oxygen atoms in total. The molecule has 106 valence electrons. The van der Waals surface area contributed by atoms with Crippen molar-refractivity contribution in [2.75, 3.05) is 6.61 Å². The molecule has 0 spiro atoms. The van der Waals surface area contributed by atoms with Crippen LogP contribution in [0.15, 0.2) is 34.2 Å². The van der Waals surface area contributed by atoms with E-state index < -0.39 is 0 Å². The van der Waals surface area contributed by atoms with Crippen LogP contribution < -0.4 is 0 Å². The molecule has 1 heterocycles. The number of hydrogen-bond donors (Lipinski definition) is 0. The van der Waals surface area contributed by atoms with Gasteiger partial charge in [0.15, 0.2) is 5.82 Å². The molecule has 0 aliphatic carbocycles. The van der Waals surface area contributed by atoms with Crippen molar-refractivity contribution in [2.45, 2.75) is 37.3 Å². The second kappa shape index (κ2) is 7.07. The van der Waals surface area contributed by atoms with Gasteiger partial charge < -0.3 is 4.74 Å². The van der Waals surface area contributed by atoms with Crippen molar-refractivity contribution < 1.29 is 4.74 Å². The standard InChI is InChI=1S/C15H17ClN2OS/c1-4-19-9-14-17-13(16)8-15(18-14)20-12-6-5-10(2)11(3)7-12/h5-8H,4,9H2,1-3H3. The van der Waals surface area contributed by atoms with Crippen LogP contribution in [0.5, 0.6) is 0 Å². The summed E-state index contributed by atoms with van der Waals surface area (Å²) in [6, 6.07) is 8.13. The molecular formula is C15H17ClN2OS. The van der Waals surface area contributed by atoms with Gasteiger partial charge in [-0.3, -0.25) is 0 Å². The van der Waals surface area contributed by atoms with Gasteiger partial charge in [-0.15, -0.1) is 0 Å².